The number of carbonyl (C=O) groups excluding carboxylic acids is 1. The van der Waals surface area contributed by atoms with Crippen molar-refractivity contribution in [3.8, 4) is 0 Å². The number of carbonyl (C=O) groups is 1. The first kappa shape index (κ1) is 12.1. The van der Waals surface area contributed by atoms with Crippen LogP contribution in [0, 0.1) is 0 Å². The van der Waals surface area contributed by atoms with Gasteiger partial charge < -0.3 is 9.74 Å². The smallest absolute Gasteiger partial charge is 0.357 e. The number of nitrogens with zero attached hydrogens (tertiary/aromatic N) is 2. The quantitative estimate of drug-likeness (QED) is 0.791. The van der Waals surface area contributed by atoms with Gasteiger partial charge in [0.15, 0.2) is 0 Å². The lowest BCUT2D eigenvalue weighted by molar-refractivity contribution is -0.0956. The predicted molar refractivity (Wildman–Crippen MR) is 65.5 cm³/mol. The average Bonchev–Trinajstić information content (AvgIpc) is 2.79. The van der Waals surface area contributed by atoms with Crippen LogP contribution in [0.25, 0.3) is 0 Å². The van der Waals surface area contributed by atoms with Crippen LogP contribution in [0.2, 0.25) is 0 Å². The van der Waals surface area contributed by atoms with Gasteiger partial charge in [0.1, 0.15) is 0 Å². The van der Waals surface area contributed by atoms with Gasteiger partial charge in [-0.05, 0) is 32.6 Å². The molecule has 0 N–H and O–H groups in total. The fourth-order valence-corrected chi connectivity index (χ4v) is 1.96. The zero-order valence-electron chi connectivity index (χ0n) is 10.3. The Morgan fingerprint density at radius 1 is 1.35 bits per heavy atom. The second-order valence-corrected chi connectivity index (χ2v) is 4.54. The van der Waals surface area contributed by atoms with Crippen molar-refractivity contribution < 1.29 is 9.63 Å². The van der Waals surface area contributed by atoms with Crippen molar-refractivity contribution in [1.29, 1.82) is 0 Å². The highest BCUT2D eigenvalue weighted by atomic mass is 16.7. The van der Waals surface area contributed by atoms with Gasteiger partial charge in [-0.25, -0.2) is 4.79 Å². The molecular formula is C13H18N2O2. The van der Waals surface area contributed by atoms with Crippen LogP contribution in [0.15, 0.2) is 30.3 Å². The van der Waals surface area contributed by atoms with Gasteiger partial charge in [0.25, 0.3) is 0 Å². The molecule has 1 aromatic rings. The second kappa shape index (κ2) is 5.29. The zero-order valence-corrected chi connectivity index (χ0v) is 10.3. The first-order valence-corrected chi connectivity index (χ1v) is 5.85. The molecule has 0 saturated carbocycles. The molecule has 2 rings (SSSR count). The Bertz CT molecular complexity index is 378. The molecule has 1 atom stereocenters. The van der Waals surface area contributed by atoms with E-state index in [2.05, 4.69) is 4.90 Å². The van der Waals surface area contributed by atoms with Crippen LogP contribution in [0.5, 0.6) is 0 Å². The SMILES string of the molecule is CN(C)C1CCN(OC(=O)c2ccccc2)C1. The van der Waals surface area contributed by atoms with E-state index in [-0.39, 0.29) is 5.97 Å². The Balaban J connectivity index is 1.89. The van der Waals surface area contributed by atoms with Crippen LogP contribution in [0.3, 0.4) is 0 Å². The number of hydrogen-bond acceptors (Lipinski definition) is 4. The van der Waals surface area contributed by atoms with Crippen LogP contribution in [-0.4, -0.2) is 49.2 Å². The van der Waals surface area contributed by atoms with E-state index in [1.54, 1.807) is 17.2 Å². The van der Waals surface area contributed by atoms with E-state index in [1.807, 2.05) is 32.3 Å². The fourth-order valence-electron chi connectivity index (χ4n) is 1.96. The minimum Gasteiger partial charge on any atom is -0.364 e. The molecular weight excluding hydrogens is 216 g/mol. The van der Waals surface area contributed by atoms with Crippen LogP contribution in [-0.2, 0) is 4.84 Å². The molecule has 1 fully saturated rings. The van der Waals surface area contributed by atoms with Crippen LogP contribution >= 0.6 is 0 Å². The van der Waals surface area contributed by atoms with E-state index < -0.39 is 0 Å². The molecule has 1 aliphatic rings. The minimum absolute atomic E-state index is 0.273. The minimum atomic E-state index is -0.273. The summed E-state index contributed by atoms with van der Waals surface area (Å²) in [6.45, 7) is 1.59. The summed E-state index contributed by atoms with van der Waals surface area (Å²) in [7, 11) is 4.10. The number of hydroxylamine groups is 2. The first-order chi connectivity index (χ1) is 8.16. The Morgan fingerprint density at radius 3 is 2.65 bits per heavy atom. The topological polar surface area (TPSA) is 32.8 Å². The molecule has 1 aromatic carbocycles. The van der Waals surface area contributed by atoms with E-state index >= 15 is 0 Å². The number of likely N-dealkylation sites (N-methyl/N-ethyl adjacent to an activating group) is 1. The summed E-state index contributed by atoms with van der Waals surface area (Å²) in [4.78, 5) is 19.3. The van der Waals surface area contributed by atoms with E-state index in [4.69, 9.17) is 4.84 Å². The van der Waals surface area contributed by atoms with Gasteiger partial charge in [-0.15, -0.1) is 5.06 Å². The Morgan fingerprint density at radius 2 is 2.06 bits per heavy atom. The van der Waals surface area contributed by atoms with Crippen LogP contribution < -0.4 is 0 Å². The van der Waals surface area contributed by atoms with Gasteiger partial charge in [0.2, 0.25) is 0 Å². The van der Waals surface area contributed by atoms with Crippen molar-refractivity contribution in [1.82, 2.24) is 9.96 Å². The molecule has 1 saturated heterocycles. The van der Waals surface area contributed by atoms with E-state index in [0.717, 1.165) is 19.5 Å². The molecule has 1 aliphatic heterocycles. The summed E-state index contributed by atoms with van der Waals surface area (Å²) in [5, 5.41) is 1.75. The highest BCUT2D eigenvalue weighted by Gasteiger charge is 2.26. The molecule has 0 amide bonds. The molecule has 1 heterocycles. The normalized spacial score (nSPS) is 20.8. The van der Waals surface area contributed by atoms with Gasteiger partial charge in [-0.2, -0.15) is 0 Å². The number of rotatable bonds is 3. The maximum Gasteiger partial charge on any atom is 0.357 e. The third-order valence-electron chi connectivity index (χ3n) is 3.08. The van der Waals surface area contributed by atoms with Crippen molar-refractivity contribution in [2.75, 3.05) is 27.2 Å². The molecule has 4 nitrogen and oxygen atoms in total. The predicted octanol–water partition coefficient (Wildman–Crippen LogP) is 1.39. The van der Waals surface area contributed by atoms with Gasteiger partial charge >= 0.3 is 5.97 Å². The van der Waals surface area contributed by atoms with Gasteiger partial charge in [0.05, 0.1) is 12.1 Å². The maximum atomic E-state index is 11.8. The van der Waals surface area contributed by atoms with Crippen LogP contribution in [0.1, 0.15) is 16.8 Å². The molecule has 92 valence electrons. The van der Waals surface area contributed by atoms with Crippen molar-refractivity contribution in [2.24, 2.45) is 0 Å². The fraction of sp³-hybridized carbons (Fsp3) is 0.462. The van der Waals surface area contributed by atoms with Crippen molar-refractivity contribution in [2.45, 2.75) is 12.5 Å². The van der Waals surface area contributed by atoms with E-state index in [0.29, 0.717) is 11.6 Å². The molecule has 0 radical (unpaired) electrons. The highest BCUT2D eigenvalue weighted by Crippen LogP contribution is 2.14. The molecule has 0 aliphatic carbocycles. The monoisotopic (exact) mass is 234 g/mol. The maximum absolute atomic E-state index is 11.8. The lowest BCUT2D eigenvalue weighted by Gasteiger charge is -2.19. The standard InChI is InChI=1S/C13H18N2O2/c1-14(2)12-8-9-15(10-12)17-13(16)11-6-4-3-5-7-11/h3-7,12H,8-10H2,1-2H3. The summed E-state index contributed by atoms with van der Waals surface area (Å²) in [6.07, 6.45) is 1.04. The summed E-state index contributed by atoms with van der Waals surface area (Å²) >= 11 is 0. The third-order valence-corrected chi connectivity index (χ3v) is 3.08. The highest BCUT2D eigenvalue weighted by molar-refractivity contribution is 5.89. The van der Waals surface area contributed by atoms with Crippen molar-refractivity contribution >= 4 is 5.97 Å². The summed E-state index contributed by atoms with van der Waals surface area (Å²) in [5.74, 6) is -0.273. The summed E-state index contributed by atoms with van der Waals surface area (Å²) in [5.41, 5.74) is 0.598. The first-order valence-electron chi connectivity index (χ1n) is 5.85. The molecule has 0 bridgehead atoms. The number of hydrogen-bond donors (Lipinski definition) is 0. The lowest BCUT2D eigenvalue weighted by Crippen LogP contribution is -2.32. The molecule has 0 spiro atoms. The third kappa shape index (κ3) is 3.05. The summed E-state index contributed by atoms with van der Waals surface area (Å²) < 4.78 is 0. The largest absolute Gasteiger partial charge is 0.364 e. The molecule has 1 unspecified atom stereocenters. The van der Waals surface area contributed by atoms with Crippen LogP contribution in [0.4, 0.5) is 0 Å². The second-order valence-electron chi connectivity index (χ2n) is 4.54. The molecule has 4 heteroatoms. The Labute approximate surface area is 102 Å². The van der Waals surface area contributed by atoms with Gasteiger partial charge in [0, 0.05) is 12.6 Å². The average molecular weight is 234 g/mol. The number of benzene rings is 1. The Kier molecular flexibility index (Phi) is 3.76. The van der Waals surface area contributed by atoms with E-state index in [9.17, 15) is 4.79 Å². The van der Waals surface area contributed by atoms with E-state index in [1.165, 1.54) is 0 Å². The van der Waals surface area contributed by atoms with Gasteiger partial charge in [-0.3, -0.25) is 0 Å². The Hall–Kier alpha value is -1.39. The molecule has 0 aromatic heterocycles. The van der Waals surface area contributed by atoms with Gasteiger partial charge in [-0.1, -0.05) is 18.2 Å². The lowest BCUT2D eigenvalue weighted by atomic mass is 10.2. The van der Waals surface area contributed by atoms with Crippen molar-refractivity contribution in [3.05, 3.63) is 35.9 Å². The van der Waals surface area contributed by atoms with Crippen molar-refractivity contribution in [3.63, 3.8) is 0 Å². The zero-order chi connectivity index (χ0) is 12.3. The summed E-state index contributed by atoms with van der Waals surface area (Å²) in [6, 6.07) is 9.56. The molecule has 17 heavy (non-hydrogen) atoms.